The van der Waals surface area contributed by atoms with Crippen LogP contribution in [-0.4, -0.2) is 33.1 Å². The number of nitrogens with one attached hydrogen (secondary N) is 2. The van der Waals surface area contributed by atoms with Crippen molar-refractivity contribution in [3.05, 3.63) is 69.5 Å². The van der Waals surface area contributed by atoms with Crippen LogP contribution in [-0.2, 0) is 4.79 Å². The second-order valence-corrected chi connectivity index (χ2v) is 6.89. The number of rotatable bonds is 5. The normalized spacial score (nSPS) is 10.5. The summed E-state index contributed by atoms with van der Waals surface area (Å²) in [5.74, 6) is -0.499. The highest BCUT2D eigenvalue weighted by molar-refractivity contribution is 9.10. The van der Waals surface area contributed by atoms with E-state index in [1.165, 1.54) is 10.7 Å². The lowest BCUT2D eigenvalue weighted by atomic mass is 10.2. The Balaban J connectivity index is 1.69. The largest absolute Gasteiger partial charge is 0.342 e. The number of amides is 2. The lowest BCUT2D eigenvalue weighted by Gasteiger charge is -2.09. The van der Waals surface area contributed by atoms with Gasteiger partial charge in [0.05, 0.1) is 11.6 Å². The summed E-state index contributed by atoms with van der Waals surface area (Å²) in [5, 5.41) is 9.82. The molecule has 0 saturated heterocycles. The monoisotopic (exact) mass is 447 g/mol. The number of carbonyl (C=O) groups excluding carboxylic acids is 2. The SMILES string of the molecule is Cc1ccc(NC(=O)CNC(=O)c2cc(Br)nn2-c2ncccc2Cl)cc1. The molecule has 0 aliphatic rings. The highest BCUT2D eigenvalue weighted by atomic mass is 79.9. The molecule has 0 radical (unpaired) electrons. The van der Waals surface area contributed by atoms with Crippen LogP contribution in [0.1, 0.15) is 16.1 Å². The lowest BCUT2D eigenvalue weighted by molar-refractivity contribution is -0.115. The highest BCUT2D eigenvalue weighted by Gasteiger charge is 2.19. The first-order valence-electron chi connectivity index (χ1n) is 7.95. The van der Waals surface area contributed by atoms with Crippen molar-refractivity contribution in [1.82, 2.24) is 20.1 Å². The van der Waals surface area contributed by atoms with Gasteiger partial charge in [-0.05, 0) is 47.1 Å². The van der Waals surface area contributed by atoms with Crippen molar-refractivity contribution in [3.63, 3.8) is 0 Å². The van der Waals surface area contributed by atoms with Gasteiger partial charge >= 0.3 is 0 Å². The predicted octanol–water partition coefficient (Wildman–Crippen LogP) is 3.36. The number of hydrogen-bond acceptors (Lipinski definition) is 4. The van der Waals surface area contributed by atoms with Gasteiger partial charge in [-0.1, -0.05) is 29.3 Å². The first-order valence-corrected chi connectivity index (χ1v) is 9.12. The number of halogens is 2. The number of aromatic nitrogens is 3. The molecule has 0 fully saturated rings. The van der Waals surface area contributed by atoms with Crippen molar-refractivity contribution in [2.24, 2.45) is 0 Å². The van der Waals surface area contributed by atoms with Gasteiger partial charge in [0, 0.05) is 18.0 Å². The fourth-order valence-corrected chi connectivity index (χ4v) is 2.88. The predicted molar refractivity (Wildman–Crippen MR) is 106 cm³/mol. The smallest absolute Gasteiger partial charge is 0.270 e. The average molecular weight is 449 g/mol. The van der Waals surface area contributed by atoms with Crippen molar-refractivity contribution < 1.29 is 9.59 Å². The van der Waals surface area contributed by atoms with Gasteiger partial charge in [-0.15, -0.1) is 0 Å². The summed E-state index contributed by atoms with van der Waals surface area (Å²) in [6, 6.07) is 12.2. The van der Waals surface area contributed by atoms with Crippen LogP contribution >= 0.6 is 27.5 Å². The third-order valence-electron chi connectivity index (χ3n) is 3.60. The number of nitrogens with zero attached hydrogens (tertiary/aromatic N) is 3. The maximum absolute atomic E-state index is 12.5. The van der Waals surface area contributed by atoms with Crippen molar-refractivity contribution >= 4 is 45.0 Å². The molecule has 3 aromatic rings. The molecule has 0 bridgehead atoms. The summed E-state index contributed by atoms with van der Waals surface area (Å²) in [4.78, 5) is 28.7. The van der Waals surface area contributed by atoms with Gasteiger partial charge in [-0.2, -0.15) is 5.10 Å². The number of benzene rings is 1. The molecule has 0 spiro atoms. The summed E-state index contributed by atoms with van der Waals surface area (Å²) in [6.07, 6.45) is 1.55. The zero-order chi connectivity index (χ0) is 19.4. The molecule has 27 heavy (non-hydrogen) atoms. The van der Waals surface area contributed by atoms with Crippen molar-refractivity contribution in [3.8, 4) is 5.82 Å². The zero-order valence-corrected chi connectivity index (χ0v) is 16.6. The van der Waals surface area contributed by atoms with Gasteiger partial charge in [0.15, 0.2) is 5.82 Å². The molecular weight excluding hydrogens is 434 g/mol. The molecule has 2 heterocycles. The molecular formula is C18H15BrClN5O2. The maximum atomic E-state index is 12.5. The van der Waals surface area contributed by atoms with E-state index in [4.69, 9.17) is 11.6 Å². The van der Waals surface area contributed by atoms with Gasteiger partial charge < -0.3 is 10.6 Å². The molecule has 2 amide bonds. The average Bonchev–Trinajstić information content (AvgIpc) is 3.03. The minimum Gasteiger partial charge on any atom is -0.342 e. The molecule has 0 aliphatic carbocycles. The van der Waals surface area contributed by atoms with E-state index in [1.807, 2.05) is 19.1 Å². The van der Waals surface area contributed by atoms with Crippen molar-refractivity contribution in [2.45, 2.75) is 6.92 Å². The standard InChI is InChI=1S/C18H15BrClN5O2/c1-11-4-6-12(7-5-11)23-16(26)10-22-18(27)14-9-15(19)24-25(14)17-13(20)3-2-8-21-17/h2-9H,10H2,1H3,(H,22,27)(H,23,26). The maximum Gasteiger partial charge on any atom is 0.270 e. The molecule has 1 aromatic carbocycles. The summed E-state index contributed by atoms with van der Waals surface area (Å²) < 4.78 is 1.76. The minimum atomic E-state index is -0.478. The fourth-order valence-electron chi connectivity index (χ4n) is 2.30. The summed E-state index contributed by atoms with van der Waals surface area (Å²) in [6.45, 7) is 1.77. The van der Waals surface area contributed by atoms with Crippen LogP contribution in [0.15, 0.2) is 53.3 Å². The molecule has 0 unspecified atom stereocenters. The molecule has 2 aromatic heterocycles. The van der Waals surface area contributed by atoms with Crippen LogP contribution in [0.4, 0.5) is 5.69 Å². The Hall–Kier alpha value is -2.71. The Morgan fingerprint density at radius 3 is 2.67 bits per heavy atom. The Morgan fingerprint density at radius 2 is 1.96 bits per heavy atom. The van der Waals surface area contributed by atoms with E-state index in [2.05, 4.69) is 36.6 Å². The molecule has 3 rings (SSSR count). The molecule has 2 N–H and O–H groups in total. The van der Waals surface area contributed by atoms with Crippen LogP contribution in [0.3, 0.4) is 0 Å². The Morgan fingerprint density at radius 1 is 1.22 bits per heavy atom. The third kappa shape index (κ3) is 4.72. The third-order valence-corrected chi connectivity index (χ3v) is 4.28. The number of pyridine rings is 1. The van der Waals surface area contributed by atoms with E-state index >= 15 is 0 Å². The van der Waals surface area contributed by atoms with Crippen LogP contribution in [0, 0.1) is 6.92 Å². The van der Waals surface area contributed by atoms with E-state index in [1.54, 1.807) is 30.5 Å². The molecule has 0 aliphatic heterocycles. The highest BCUT2D eigenvalue weighted by Crippen LogP contribution is 2.21. The second kappa shape index (κ2) is 8.32. The Bertz CT molecular complexity index is 988. The van der Waals surface area contributed by atoms with Gasteiger partial charge in [0.25, 0.3) is 5.91 Å². The van der Waals surface area contributed by atoms with E-state index in [0.717, 1.165) is 5.56 Å². The minimum absolute atomic E-state index is 0.189. The van der Waals surface area contributed by atoms with Gasteiger partial charge in [0.1, 0.15) is 10.3 Å². The zero-order valence-electron chi connectivity index (χ0n) is 14.2. The first kappa shape index (κ1) is 19.1. The lowest BCUT2D eigenvalue weighted by Crippen LogP contribution is -2.34. The van der Waals surface area contributed by atoms with Crippen molar-refractivity contribution in [1.29, 1.82) is 0 Å². The molecule has 0 atom stereocenters. The molecule has 7 nitrogen and oxygen atoms in total. The first-order chi connectivity index (χ1) is 12.9. The number of carbonyl (C=O) groups is 2. The molecule has 138 valence electrons. The molecule has 9 heteroatoms. The summed E-state index contributed by atoms with van der Waals surface area (Å²) in [7, 11) is 0. The Kier molecular flexibility index (Phi) is 5.88. The fraction of sp³-hybridized carbons (Fsp3) is 0.111. The number of anilines is 1. The van der Waals surface area contributed by atoms with E-state index in [-0.39, 0.29) is 18.1 Å². The number of aryl methyl sites for hydroxylation is 1. The van der Waals surface area contributed by atoms with E-state index in [0.29, 0.717) is 21.1 Å². The topological polar surface area (TPSA) is 88.9 Å². The van der Waals surface area contributed by atoms with Gasteiger partial charge in [-0.25, -0.2) is 9.67 Å². The van der Waals surface area contributed by atoms with Crippen molar-refractivity contribution in [2.75, 3.05) is 11.9 Å². The van der Waals surface area contributed by atoms with Crippen LogP contribution < -0.4 is 10.6 Å². The van der Waals surface area contributed by atoms with Gasteiger partial charge in [-0.3, -0.25) is 9.59 Å². The van der Waals surface area contributed by atoms with E-state index in [9.17, 15) is 9.59 Å². The van der Waals surface area contributed by atoms with Gasteiger partial charge in [0.2, 0.25) is 5.91 Å². The van der Waals surface area contributed by atoms with Crippen LogP contribution in [0.2, 0.25) is 5.02 Å². The summed E-state index contributed by atoms with van der Waals surface area (Å²) >= 11 is 9.38. The summed E-state index contributed by atoms with van der Waals surface area (Å²) in [5.41, 5.74) is 1.95. The quantitative estimate of drug-likeness (QED) is 0.626. The van der Waals surface area contributed by atoms with E-state index < -0.39 is 5.91 Å². The second-order valence-electron chi connectivity index (χ2n) is 5.67. The van der Waals surface area contributed by atoms with Crippen LogP contribution in [0.25, 0.3) is 5.82 Å². The van der Waals surface area contributed by atoms with Crippen LogP contribution in [0.5, 0.6) is 0 Å². The number of hydrogen-bond donors (Lipinski definition) is 2. The molecule has 0 saturated carbocycles. The Labute approximate surface area is 168 Å².